The average Bonchev–Trinajstić information content (AvgIpc) is 2.81. The van der Waals surface area contributed by atoms with Gasteiger partial charge in [-0.3, -0.25) is 10.8 Å². The highest BCUT2D eigenvalue weighted by Gasteiger charge is 2.20. The molecule has 1 unspecified atom stereocenters. The Kier molecular flexibility index (Phi) is 9.41. The summed E-state index contributed by atoms with van der Waals surface area (Å²) in [5.41, 5.74) is 11.1. The van der Waals surface area contributed by atoms with Crippen LogP contribution in [0, 0.1) is 22.6 Å². The summed E-state index contributed by atoms with van der Waals surface area (Å²) >= 11 is 0. The van der Waals surface area contributed by atoms with Crippen LogP contribution in [0.5, 0.6) is 5.75 Å². The third-order valence-corrected chi connectivity index (χ3v) is 6.01. The van der Waals surface area contributed by atoms with E-state index in [1.807, 2.05) is 0 Å². The van der Waals surface area contributed by atoms with Gasteiger partial charge in [0, 0.05) is 57.2 Å². The van der Waals surface area contributed by atoms with Gasteiger partial charge in [-0.2, -0.15) is 0 Å². The Hall–Kier alpha value is -2.98. The number of hydrogen-bond acceptors (Lipinski definition) is 6. The number of rotatable bonds is 12. The molecule has 0 saturated carbocycles. The fourth-order valence-corrected chi connectivity index (χ4v) is 3.96. The van der Waals surface area contributed by atoms with Gasteiger partial charge in [0.25, 0.3) is 0 Å². The maximum atomic E-state index is 14.1. The molecule has 10 heteroatoms. The number of piperazine rings is 1. The lowest BCUT2D eigenvalue weighted by atomic mass is 9.98. The largest absolute Gasteiger partial charge is 0.491 e. The third-order valence-electron chi connectivity index (χ3n) is 6.01. The number of nitrogen functional groups attached to an aromatic ring is 1. The lowest BCUT2D eigenvalue weighted by Crippen LogP contribution is -2.47. The number of nitrogens with zero attached hydrogens (tertiary/aromatic N) is 2. The van der Waals surface area contributed by atoms with Gasteiger partial charge in [0.05, 0.1) is 19.0 Å². The molecule has 6 N–H and O–H groups in total. The van der Waals surface area contributed by atoms with E-state index in [1.54, 1.807) is 18.2 Å². The molecule has 1 atom stereocenters. The highest BCUT2D eigenvalue weighted by molar-refractivity contribution is 5.95. The van der Waals surface area contributed by atoms with Crippen molar-refractivity contribution >= 4 is 11.7 Å². The zero-order valence-corrected chi connectivity index (χ0v) is 19.4. The Balaban J connectivity index is 1.25. The topological polar surface area (TPSA) is 125 Å². The number of halogens is 2. The van der Waals surface area contributed by atoms with Gasteiger partial charge >= 0.3 is 0 Å². The van der Waals surface area contributed by atoms with Crippen molar-refractivity contribution in [1.29, 1.82) is 10.8 Å². The Morgan fingerprint density at radius 2 is 1.59 bits per heavy atom. The Morgan fingerprint density at radius 3 is 2.12 bits per heavy atom. The van der Waals surface area contributed by atoms with Crippen molar-refractivity contribution in [3.8, 4) is 5.75 Å². The highest BCUT2D eigenvalue weighted by atomic mass is 19.1. The van der Waals surface area contributed by atoms with Crippen molar-refractivity contribution in [2.75, 3.05) is 52.5 Å². The van der Waals surface area contributed by atoms with Crippen LogP contribution in [0.1, 0.15) is 24.8 Å². The third kappa shape index (κ3) is 7.53. The predicted octanol–water partition coefficient (Wildman–Crippen LogP) is 2.60. The predicted molar refractivity (Wildman–Crippen MR) is 128 cm³/mol. The molecule has 0 radical (unpaired) electrons. The lowest BCUT2D eigenvalue weighted by Gasteiger charge is -2.34. The highest BCUT2D eigenvalue weighted by Crippen LogP contribution is 2.25. The second kappa shape index (κ2) is 12.5. The summed E-state index contributed by atoms with van der Waals surface area (Å²) in [6.07, 6.45) is 4.98. The van der Waals surface area contributed by atoms with Crippen molar-refractivity contribution in [2.24, 2.45) is 17.4 Å². The average molecular weight is 477 g/mol. The quantitative estimate of drug-likeness (QED) is 0.209. The van der Waals surface area contributed by atoms with E-state index >= 15 is 0 Å². The Bertz CT molecular complexity index is 928. The lowest BCUT2D eigenvalue weighted by molar-refractivity contribution is 0.114. The summed E-state index contributed by atoms with van der Waals surface area (Å²) in [4.78, 5) is 4.74. The van der Waals surface area contributed by atoms with Crippen molar-refractivity contribution in [3.63, 3.8) is 0 Å². The van der Waals surface area contributed by atoms with E-state index < -0.39 is 5.82 Å². The van der Waals surface area contributed by atoms with Crippen molar-refractivity contribution in [1.82, 2.24) is 9.80 Å². The van der Waals surface area contributed by atoms with E-state index in [-0.39, 0.29) is 41.3 Å². The minimum Gasteiger partial charge on any atom is -0.491 e. The Labute approximate surface area is 199 Å². The van der Waals surface area contributed by atoms with Crippen LogP contribution >= 0.6 is 0 Å². The van der Waals surface area contributed by atoms with Gasteiger partial charge in [0.1, 0.15) is 17.4 Å². The summed E-state index contributed by atoms with van der Waals surface area (Å²) in [6, 6.07) is 4.30. The molecule has 186 valence electrons. The summed E-state index contributed by atoms with van der Waals surface area (Å²) in [5, 5.41) is 14.7. The van der Waals surface area contributed by atoms with E-state index in [2.05, 4.69) is 9.80 Å². The summed E-state index contributed by atoms with van der Waals surface area (Å²) in [5.74, 6) is -1.02. The molecule has 1 fully saturated rings. The standard InChI is InChI=1S/C24H34F2N6O2/c25-19-15-17(23(27)28)3-5-21(19)33-13-1-7-31-9-11-32(12-10-31)8-2-14-34-22-6-4-18(24(29)30)16-20(22)26/h3-6,15,18H,1-2,7-14,16H2,(H3,27,28)(H3,29,30). The second-order valence-electron chi connectivity index (χ2n) is 8.54. The van der Waals surface area contributed by atoms with Crippen molar-refractivity contribution < 1.29 is 18.3 Å². The molecular formula is C24H34F2N6O2. The second-order valence-corrected chi connectivity index (χ2v) is 8.54. The van der Waals surface area contributed by atoms with E-state index in [1.165, 1.54) is 12.1 Å². The van der Waals surface area contributed by atoms with Crippen LogP contribution in [-0.4, -0.2) is 74.0 Å². The van der Waals surface area contributed by atoms with E-state index in [0.29, 0.717) is 18.8 Å². The first-order valence-electron chi connectivity index (χ1n) is 11.6. The summed E-state index contributed by atoms with van der Waals surface area (Å²) in [6.45, 7) is 6.46. The fraction of sp³-hybridized carbons (Fsp3) is 0.500. The zero-order chi connectivity index (χ0) is 24.5. The van der Waals surface area contributed by atoms with Crippen molar-refractivity contribution in [3.05, 3.63) is 53.3 Å². The van der Waals surface area contributed by atoms with Crippen LogP contribution in [0.2, 0.25) is 0 Å². The molecule has 8 nitrogen and oxygen atoms in total. The van der Waals surface area contributed by atoms with Crippen molar-refractivity contribution in [2.45, 2.75) is 19.3 Å². The monoisotopic (exact) mass is 476 g/mol. The molecule has 1 aromatic rings. The van der Waals surface area contributed by atoms with Gasteiger partial charge in [0.2, 0.25) is 0 Å². The molecule has 3 rings (SSSR count). The van der Waals surface area contributed by atoms with Gasteiger partial charge < -0.3 is 30.7 Å². The van der Waals surface area contributed by atoms with Crippen LogP contribution in [0.15, 0.2) is 41.9 Å². The smallest absolute Gasteiger partial charge is 0.165 e. The molecule has 0 amide bonds. The van der Waals surface area contributed by atoms with Gasteiger partial charge in [0.15, 0.2) is 11.6 Å². The van der Waals surface area contributed by atoms with E-state index in [4.69, 9.17) is 31.8 Å². The number of amidine groups is 2. The first-order chi connectivity index (χ1) is 16.3. The van der Waals surface area contributed by atoms with Gasteiger partial charge in [-0.25, -0.2) is 8.78 Å². The molecular weight excluding hydrogens is 442 g/mol. The molecule has 0 spiro atoms. The first kappa shape index (κ1) is 25.6. The van der Waals surface area contributed by atoms with Gasteiger partial charge in [-0.05, 0) is 37.1 Å². The van der Waals surface area contributed by atoms with Gasteiger partial charge in [-0.1, -0.05) is 6.08 Å². The molecule has 1 heterocycles. The molecule has 1 aromatic carbocycles. The first-order valence-corrected chi connectivity index (χ1v) is 11.6. The number of nitrogens with two attached hydrogens (primary N) is 2. The number of ether oxygens (including phenoxy) is 2. The number of benzene rings is 1. The van der Waals surface area contributed by atoms with Crippen LogP contribution in [0.25, 0.3) is 0 Å². The van der Waals surface area contributed by atoms with E-state index in [9.17, 15) is 8.78 Å². The molecule has 0 bridgehead atoms. The number of allylic oxidation sites excluding steroid dienone is 2. The number of hydrogen-bond donors (Lipinski definition) is 4. The fourth-order valence-electron chi connectivity index (χ4n) is 3.96. The maximum absolute atomic E-state index is 14.1. The molecule has 1 saturated heterocycles. The molecule has 2 aliphatic rings. The summed E-state index contributed by atoms with van der Waals surface area (Å²) in [7, 11) is 0. The van der Waals surface area contributed by atoms with Crippen LogP contribution in [-0.2, 0) is 4.74 Å². The maximum Gasteiger partial charge on any atom is 0.165 e. The van der Waals surface area contributed by atoms with E-state index in [0.717, 1.165) is 52.1 Å². The molecule has 34 heavy (non-hydrogen) atoms. The summed E-state index contributed by atoms with van der Waals surface area (Å²) < 4.78 is 39.2. The minimum absolute atomic E-state index is 0.0357. The molecule has 1 aliphatic carbocycles. The van der Waals surface area contributed by atoms with Crippen LogP contribution < -0.4 is 16.2 Å². The minimum atomic E-state index is -0.510. The SMILES string of the molecule is N=C(N)c1ccc(OCCCN2CCN(CCCOC3=C(F)CC(C(=N)N)C=C3)CC2)c(F)c1. The van der Waals surface area contributed by atoms with Crippen LogP contribution in [0.4, 0.5) is 8.78 Å². The van der Waals surface area contributed by atoms with Crippen LogP contribution in [0.3, 0.4) is 0 Å². The number of nitrogens with one attached hydrogen (secondary N) is 2. The normalized spacial score (nSPS) is 19.3. The van der Waals surface area contributed by atoms with Gasteiger partial charge in [-0.15, -0.1) is 0 Å². The molecule has 0 aromatic heterocycles. The molecule has 1 aliphatic heterocycles. The Morgan fingerprint density at radius 1 is 0.971 bits per heavy atom. The zero-order valence-electron chi connectivity index (χ0n) is 19.4.